The molecule has 0 bridgehead atoms. The quantitative estimate of drug-likeness (QED) is 0.392. The van der Waals surface area contributed by atoms with Crippen molar-refractivity contribution in [3.05, 3.63) is 12.7 Å². The van der Waals surface area contributed by atoms with Gasteiger partial charge in [-0.3, -0.25) is 18.4 Å². The first kappa shape index (κ1) is 21.6. The first-order valence-corrected chi connectivity index (χ1v) is 9.83. The smallest absolute Gasteiger partial charge is 0.455 e. The molecule has 2 aromatic rings. The van der Waals surface area contributed by atoms with E-state index in [4.69, 9.17) is 24.3 Å². The number of nitrogens with two attached hydrogens (primary N) is 1. The standard InChI is InChI=1S/C14H18N5O7P.Na/c1-2-3-8(20)25-11-10-7(4-23-27(21,22)26-10)24-14(11)19-6-18-9-12(15)16-5-17-13(9)19;/h5-7,10-11,14H,2-4H2,1H3,(H,21,22)(H2,15,16,17);. The van der Waals surface area contributed by atoms with E-state index in [9.17, 15) is 14.3 Å². The van der Waals surface area contributed by atoms with Gasteiger partial charge in [0, 0.05) is 36.0 Å². The zero-order valence-electron chi connectivity index (χ0n) is 15.3. The average Bonchev–Trinajstić information content (AvgIpc) is 3.17. The Kier molecular flexibility index (Phi) is 6.42. The second-order valence-electron chi connectivity index (χ2n) is 6.19. The zero-order chi connectivity index (χ0) is 19.2. The monoisotopic (exact) mass is 422 g/mol. The largest absolute Gasteiger partial charge is 0.472 e. The van der Waals surface area contributed by atoms with Crippen LogP contribution in [-0.4, -0.2) is 84.9 Å². The van der Waals surface area contributed by atoms with E-state index in [-0.39, 0.29) is 48.4 Å². The van der Waals surface area contributed by atoms with Gasteiger partial charge in [0.2, 0.25) is 0 Å². The molecule has 4 heterocycles. The van der Waals surface area contributed by atoms with Gasteiger partial charge in [-0.15, -0.1) is 0 Å². The first-order valence-electron chi connectivity index (χ1n) is 8.33. The van der Waals surface area contributed by atoms with Crippen LogP contribution in [0.5, 0.6) is 0 Å². The molecule has 12 nitrogen and oxygen atoms in total. The van der Waals surface area contributed by atoms with Gasteiger partial charge in [0.15, 0.2) is 23.8 Å². The first-order chi connectivity index (χ1) is 12.9. The summed E-state index contributed by atoms with van der Waals surface area (Å²) in [5.41, 5.74) is 6.54. The molecular weight excluding hydrogens is 404 g/mol. The van der Waals surface area contributed by atoms with Crippen molar-refractivity contribution in [1.82, 2.24) is 19.5 Å². The van der Waals surface area contributed by atoms with E-state index in [1.165, 1.54) is 17.2 Å². The third-order valence-corrected chi connectivity index (χ3v) is 5.31. The van der Waals surface area contributed by atoms with Crippen LogP contribution in [0.25, 0.3) is 11.2 Å². The number of nitrogen functional groups attached to an aromatic ring is 1. The summed E-state index contributed by atoms with van der Waals surface area (Å²) in [7, 11) is -4.25. The molecule has 0 spiro atoms. The third-order valence-electron chi connectivity index (χ3n) is 4.33. The number of nitrogens with zero attached hydrogens (tertiary/aromatic N) is 4. The van der Waals surface area contributed by atoms with Crippen molar-refractivity contribution in [3.63, 3.8) is 0 Å². The van der Waals surface area contributed by atoms with Crippen molar-refractivity contribution in [2.24, 2.45) is 0 Å². The fourth-order valence-corrected chi connectivity index (χ4v) is 4.10. The minimum Gasteiger partial charge on any atom is -0.455 e. The molecule has 3 N–H and O–H groups in total. The minimum absolute atomic E-state index is 0. The van der Waals surface area contributed by atoms with Crippen LogP contribution in [0.2, 0.25) is 0 Å². The van der Waals surface area contributed by atoms with Gasteiger partial charge < -0.3 is 20.1 Å². The number of carbonyl (C=O) groups excluding carboxylic acids is 1. The van der Waals surface area contributed by atoms with Gasteiger partial charge in [0.05, 0.1) is 12.9 Å². The summed E-state index contributed by atoms with van der Waals surface area (Å²) < 4.78 is 34.8. The molecule has 0 saturated carbocycles. The van der Waals surface area contributed by atoms with Crippen LogP contribution in [0.4, 0.5) is 5.82 Å². The fourth-order valence-electron chi connectivity index (χ4n) is 3.14. The Morgan fingerprint density at radius 2 is 2.25 bits per heavy atom. The summed E-state index contributed by atoms with van der Waals surface area (Å²) in [6.45, 7) is 1.66. The second kappa shape index (κ2) is 8.33. The van der Waals surface area contributed by atoms with E-state index in [1.54, 1.807) is 0 Å². The van der Waals surface area contributed by atoms with Gasteiger partial charge in [-0.05, 0) is 6.42 Å². The number of phosphoric ester groups is 1. The molecule has 0 aromatic carbocycles. The molecule has 5 atom stereocenters. The number of imidazole rings is 1. The molecule has 28 heavy (non-hydrogen) atoms. The number of ether oxygens (including phenoxy) is 2. The number of phosphoric acid groups is 1. The summed E-state index contributed by atoms with van der Waals surface area (Å²) in [6.07, 6.45) is -0.0833. The molecule has 2 fully saturated rings. The zero-order valence-corrected chi connectivity index (χ0v) is 18.2. The van der Waals surface area contributed by atoms with Crippen molar-refractivity contribution in [2.45, 2.75) is 44.3 Å². The summed E-state index contributed by atoms with van der Waals surface area (Å²) in [5, 5.41) is 0. The summed E-state index contributed by atoms with van der Waals surface area (Å²) in [5.74, 6) is -0.286. The van der Waals surface area contributed by atoms with Crippen molar-refractivity contribution in [3.8, 4) is 0 Å². The molecule has 2 saturated heterocycles. The number of hydrogen-bond donors (Lipinski definition) is 2. The van der Waals surface area contributed by atoms with Crippen LogP contribution in [0.15, 0.2) is 12.7 Å². The maximum atomic E-state index is 12.1. The molecule has 0 amide bonds. The average molecular weight is 422 g/mol. The summed E-state index contributed by atoms with van der Waals surface area (Å²) in [6, 6.07) is 0. The Morgan fingerprint density at radius 3 is 3.00 bits per heavy atom. The maximum Gasteiger partial charge on any atom is 0.472 e. The van der Waals surface area contributed by atoms with Crippen LogP contribution >= 0.6 is 7.82 Å². The molecule has 2 aliphatic rings. The molecule has 1 radical (unpaired) electrons. The number of fused-ring (bicyclic) bond motifs is 2. The van der Waals surface area contributed by atoms with Gasteiger partial charge in [-0.25, -0.2) is 19.5 Å². The Morgan fingerprint density at radius 1 is 1.46 bits per heavy atom. The molecule has 5 unspecified atom stereocenters. The van der Waals surface area contributed by atoms with E-state index in [0.717, 1.165) is 0 Å². The number of anilines is 1. The minimum atomic E-state index is -4.25. The van der Waals surface area contributed by atoms with Gasteiger partial charge in [-0.2, -0.15) is 0 Å². The summed E-state index contributed by atoms with van der Waals surface area (Å²) >= 11 is 0. The van der Waals surface area contributed by atoms with Crippen molar-refractivity contribution >= 4 is 60.3 Å². The normalized spacial score (nSPS) is 31.9. The Labute approximate surface area is 181 Å². The molecule has 2 aromatic heterocycles. The SMILES string of the molecule is CCCC(=O)OC1C2OP(=O)(O)OCC2OC1n1cnc2c(N)ncnc21.[Na]. The third kappa shape index (κ3) is 3.96. The van der Waals surface area contributed by atoms with Crippen LogP contribution < -0.4 is 5.73 Å². The van der Waals surface area contributed by atoms with E-state index >= 15 is 0 Å². The fraction of sp³-hybridized carbons (Fsp3) is 0.571. The van der Waals surface area contributed by atoms with Crippen molar-refractivity contribution in [2.75, 3.05) is 12.3 Å². The number of carbonyl (C=O) groups is 1. The topological polar surface area (TPSA) is 161 Å². The van der Waals surface area contributed by atoms with E-state index < -0.39 is 38.3 Å². The van der Waals surface area contributed by atoms with Gasteiger partial charge in [-0.1, -0.05) is 6.92 Å². The van der Waals surface area contributed by atoms with Crippen LogP contribution in [0.3, 0.4) is 0 Å². The Bertz CT molecular complexity index is 927. The molecule has 2 aliphatic heterocycles. The summed E-state index contributed by atoms with van der Waals surface area (Å²) in [4.78, 5) is 34.0. The number of aromatic nitrogens is 4. The Hall–Kier alpha value is -1.11. The van der Waals surface area contributed by atoms with Gasteiger partial charge >= 0.3 is 13.8 Å². The molecule has 14 heteroatoms. The predicted octanol–water partition coefficient (Wildman–Crippen LogP) is 0.153. The van der Waals surface area contributed by atoms with Gasteiger partial charge in [0.1, 0.15) is 24.1 Å². The maximum absolute atomic E-state index is 12.1. The van der Waals surface area contributed by atoms with Crippen molar-refractivity contribution < 1.29 is 32.8 Å². The van der Waals surface area contributed by atoms with Crippen LogP contribution in [-0.2, 0) is 27.9 Å². The molecule has 0 aliphatic carbocycles. The number of hydrogen-bond acceptors (Lipinski definition) is 10. The van der Waals surface area contributed by atoms with Crippen LogP contribution in [0.1, 0.15) is 26.0 Å². The van der Waals surface area contributed by atoms with E-state index in [1.807, 2.05) is 6.92 Å². The predicted molar refractivity (Wildman–Crippen MR) is 94.8 cm³/mol. The number of rotatable bonds is 4. The van der Waals surface area contributed by atoms with E-state index in [0.29, 0.717) is 17.6 Å². The molecular formula is C14H18N5NaO7P. The second-order valence-corrected chi connectivity index (χ2v) is 7.59. The molecule has 4 rings (SSSR count). The number of esters is 1. The molecule has 147 valence electrons. The van der Waals surface area contributed by atoms with Crippen LogP contribution in [0, 0.1) is 0 Å². The van der Waals surface area contributed by atoms with Gasteiger partial charge in [0.25, 0.3) is 0 Å². The van der Waals surface area contributed by atoms with E-state index in [2.05, 4.69) is 15.0 Å². The Balaban J connectivity index is 0.00000225. The van der Waals surface area contributed by atoms with Crippen molar-refractivity contribution in [1.29, 1.82) is 0 Å².